The van der Waals surface area contributed by atoms with Crippen LogP contribution in [-0.2, 0) is 17.8 Å². The van der Waals surface area contributed by atoms with Gasteiger partial charge in [0.15, 0.2) is 0 Å². The van der Waals surface area contributed by atoms with Crippen LogP contribution in [0.25, 0.3) is 0 Å². The number of para-hydroxylation sites is 1. The van der Waals surface area contributed by atoms with Crippen LogP contribution in [0.3, 0.4) is 0 Å². The van der Waals surface area contributed by atoms with Gasteiger partial charge in [0.2, 0.25) is 5.91 Å². The van der Waals surface area contributed by atoms with E-state index in [-0.39, 0.29) is 5.91 Å². The van der Waals surface area contributed by atoms with E-state index in [4.69, 9.17) is 0 Å². The van der Waals surface area contributed by atoms with Crippen molar-refractivity contribution in [3.8, 4) is 0 Å². The highest BCUT2D eigenvalue weighted by atomic mass is 32.2. The first-order valence-electron chi connectivity index (χ1n) is 9.06. The van der Waals surface area contributed by atoms with E-state index in [1.54, 1.807) is 0 Å². The van der Waals surface area contributed by atoms with Crippen molar-refractivity contribution in [2.75, 3.05) is 24.5 Å². The minimum absolute atomic E-state index is 0.224. The van der Waals surface area contributed by atoms with E-state index in [0.717, 1.165) is 38.2 Å². The maximum Gasteiger partial charge on any atom is 0.241 e. The molecule has 0 saturated carbocycles. The number of carbonyl (C=O) groups is 1. The number of rotatable bonds is 2. The highest BCUT2D eigenvalue weighted by molar-refractivity contribution is 8.00. The van der Waals surface area contributed by atoms with Crippen molar-refractivity contribution >= 4 is 23.4 Å². The molecule has 1 amide bonds. The molecule has 2 aromatic rings. The minimum Gasteiger partial charge on any atom is -0.310 e. The Morgan fingerprint density at radius 3 is 2.72 bits per heavy atom. The van der Waals surface area contributed by atoms with Gasteiger partial charge in [-0.2, -0.15) is 0 Å². The van der Waals surface area contributed by atoms with Crippen LogP contribution >= 0.6 is 11.8 Å². The smallest absolute Gasteiger partial charge is 0.241 e. The summed E-state index contributed by atoms with van der Waals surface area (Å²) in [7, 11) is 0. The molecule has 2 heterocycles. The number of amides is 1. The fourth-order valence-corrected chi connectivity index (χ4v) is 4.82. The average molecular weight is 353 g/mol. The van der Waals surface area contributed by atoms with Crippen LogP contribution in [0.5, 0.6) is 0 Å². The molecular weight excluding hydrogens is 328 g/mol. The summed E-state index contributed by atoms with van der Waals surface area (Å²) in [4.78, 5) is 18.6. The summed E-state index contributed by atoms with van der Waals surface area (Å²) in [6.07, 6.45) is 2.07. The summed E-state index contributed by atoms with van der Waals surface area (Å²) in [6, 6.07) is 16.9. The van der Waals surface area contributed by atoms with Gasteiger partial charge in [0.05, 0.1) is 12.2 Å². The Kier molecular flexibility index (Phi) is 4.82. The molecule has 0 saturated heterocycles. The largest absolute Gasteiger partial charge is 0.310 e. The van der Waals surface area contributed by atoms with Gasteiger partial charge in [0.1, 0.15) is 0 Å². The predicted octanol–water partition coefficient (Wildman–Crippen LogP) is 3.96. The molecule has 130 valence electrons. The van der Waals surface area contributed by atoms with Crippen molar-refractivity contribution < 1.29 is 4.79 Å². The number of fused-ring (bicyclic) bond motifs is 2. The molecule has 4 heteroatoms. The zero-order valence-electron chi connectivity index (χ0n) is 14.6. The molecular formula is C21H24N2OS. The summed E-state index contributed by atoms with van der Waals surface area (Å²) >= 11 is 1.88. The molecule has 0 fully saturated rings. The quantitative estimate of drug-likeness (QED) is 0.817. The first-order valence-corrected chi connectivity index (χ1v) is 9.94. The van der Waals surface area contributed by atoms with Gasteiger partial charge in [0.25, 0.3) is 0 Å². The predicted molar refractivity (Wildman–Crippen MR) is 104 cm³/mol. The van der Waals surface area contributed by atoms with Crippen molar-refractivity contribution in [3.63, 3.8) is 0 Å². The van der Waals surface area contributed by atoms with Crippen LogP contribution in [0, 0.1) is 0 Å². The van der Waals surface area contributed by atoms with Gasteiger partial charge in [-0.1, -0.05) is 43.3 Å². The molecule has 0 unspecified atom stereocenters. The summed E-state index contributed by atoms with van der Waals surface area (Å²) < 4.78 is 0. The summed E-state index contributed by atoms with van der Waals surface area (Å²) in [6.45, 7) is 5.40. The summed E-state index contributed by atoms with van der Waals surface area (Å²) in [5, 5.41) is 0.542. The SMILES string of the molecule is C[C@@H]1CCN(C(=O)CN2CCc3ccccc3C2)c2ccccc2S1. The van der Waals surface area contributed by atoms with E-state index in [9.17, 15) is 4.79 Å². The third kappa shape index (κ3) is 3.60. The second kappa shape index (κ2) is 7.22. The molecule has 4 rings (SSSR count). The zero-order valence-corrected chi connectivity index (χ0v) is 15.5. The van der Waals surface area contributed by atoms with Crippen LogP contribution in [0.1, 0.15) is 24.5 Å². The average Bonchev–Trinajstić information content (AvgIpc) is 2.80. The minimum atomic E-state index is 0.224. The van der Waals surface area contributed by atoms with Crippen molar-refractivity contribution in [1.82, 2.24) is 4.90 Å². The fraction of sp³-hybridized carbons (Fsp3) is 0.381. The lowest BCUT2D eigenvalue weighted by Crippen LogP contribution is -2.42. The molecule has 2 aromatic carbocycles. The second-order valence-electron chi connectivity index (χ2n) is 6.96. The Labute approximate surface area is 154 Å². The lowest BCUT2D eigenvalue weighted by atomic mass is 10.00. The molecule has 2 aliphatic heterocycles. The second-order valence-corrected chi connectivity index (χ2v) is 8.44. The Morgan fingerprint density at radius 1 is 1.08 bits per heavy atom. The van der Waals surface area contributed by atoms with Gasteiger partial charge >= 0.3 is 0 Å². The first kappa shape index (κ1) is 16.7. The third-order valence-corrected chi connectivity index (χ3v) is 6.35. The topological polar surface area (TPSA) is 23.6 Å². The van der Waals surface area contributed by atoms with Crippen LogP contribution in [0.2, 0.25) is 0 Å². The Bertz CT molecular complexity index is 776. The highest BCUT2D eigenvalue weighted by Crippen LogP contribution is 2.37. The van der Waals surface area contributed by atoms with Gasteiger partial charge in [0, 0.05) is 29.8 Å². The Hall–Kier alpha value is -1.78. The number of carbonyl (C=O) groups excluding carboxylic acids is 1. The molecule has 25 heavy (non-hydrogen) atoms. The van der Waals surface area contributed by atoms with E-state index < -0.39 is 0 Å². The number of hydrogen-bond acceptors (Lipinski definition) is 3. The summed E-state index contributed by atoms with van der Waals surface area (Å²) in [5.74, 6) is 0.224. The maximum atomic E-state index is 13.1. The number of nitrogens with zero attached hydrogens (tertiary/aromatic N) is 2. The van der Waals surface area contributed by atoms with Gasteiger partial charge < -0.3 is 4.90 Å². The van der Waals surface area contributed by atoms with E-state index in [1.807, 2.05) is 22.7 Å². The van der Waals surface area contributed by atoms with Gasteiger partial charge in [-0.05, 0) is 36.1 Å². The summed E-state index contributed by atoms with van der Waals surface area (Å²) in [5.41, 5.74) is 3.87. The van der Waals surface area contributed by atoms with E-state index in [1.165, 1.54) is 16.0 Å². The monoisotopic (exact) mass is 352 g/mol. The fourth-order valence-electron chi connectivity index (χ4n) is 3.71. The Morgan fingerprint density at radius 2 is 1.84 bits per heavy atom. The standard InChI is InChI=1S/C21H24N2OS/c1-16-10-13-23(19-8-4-5-9-20(19)25-16)21(24)15-22-12-11-17-6-2-3-7-18(17)14-22/h2-9,16H,10-15H2,1H3/t16-/m1/s1. The molecule has 1 atom stereocenters. The lowest BCUT2D eigenvalue weighted by Gasteiger charge is -2.31. The van der Waals surface area contributed by atoms with Gasteiger partial charge in [-0.3, -0.25) is 9.69 Å². The molecule has 0 aliphatic carbocycles. The molecule has 0 radical (unpaired) electrons. The number of anilines is 1. The van der Waals surface area contributed by atoms with Crippen molar-refractivity contribution in [2.45, 2.75) is 36.5 Å². The maximum absolute atomic E-state index is 13.1. The van der Waals surface area contributed by atoms with E-state index in [0.29, 0.717) is 11.8 Å². The van der Waals surface area contributed by atoms with E-state index >= 15 is 0 Å². The van der Waals surface area contributed by atoms with Gasteiger partial charge in [-0.15, -0.1) is 11.8 Å². The van der Waals surface area contributed by atoms with Gasteiger partial charge in [-0.25, -0.2) is 0 Å². The van der Waals surface area contributed by atoms with E-state index in [2.05, 4.69) is 54.3 Å². The number of hydrogen-bond donors (Lipinski definition) is 0. The van der Waals surface area contributed by atoms with Crippen LogP contribution in [0.4, 0.5) is 5.69 Å². The Balaban J connectivity index is 1.50. The van der Waals surface area contributed by atoms with Crippen molar-refractivity contribution in [3.05, 3.63) is 59.7 Å². The zero-order chi connectivity index (χ0) is 17.2. The van der Waals surface area contributed by atoms with Crippen LogP contribution < -0.4 is 4.90 Å². The molecule has 0 bridgehead atoms. The van der Waals surface area contributed by atoms with Crippen molar-refractivity contribution in [2.24, 2.45) is 0 Å². The molecule has 0 aromatic heterocycles. The molecule has 0 spiro atoms. The molecule has 0 N–H and O–H groups in total. The number of thioether (sulfide) groups is 1. The first-order chi connectivity index (χ1) is 12.2. The van der Waals surface area contributed by atoms with Crippen LogP contribution in [0.15, 0.2) is 53.4 Å². The van der Waals surface area contributed by atoms with Crippen molar-refractivity contribution in [1.29, 1.82) is 0 Å². The molecule has 2 aliphatic rings. The number of benzene rings is 2. The normalized spacial score (nSPS) is 20.5. The lowest BCUT2D eigenvalue weighted by molar-refractivity contribution is -0.120. The third-order valence-electron chi connectivity index (χ3n) is 5.11. The van der Waals surface area contributed by atoms with Crippen LogP contribution in [-0.4, -0.2) is 35.7 Å². The molecule has 3 nitrogen and oxygen atoms in total. The highest BCUT2D eigenvalue weighted by Gasteiger charge is 2.26.